The number of nitrogens with one attached hydrogen (secondary N) is 1. The molecule has 0 bridgehead atoms. The molecule has 1 aromatic carbocycles. The van der Waals surface area contributed by atoms with E-state index >= 15 is 0 Å². The Bertz CT molecular complexity index is 967. The van der Waals surface area contributed by atoms with Gasteiger partial charge in [-0.1, -0.05) is 0 Å². The van der Waals surface area contributed by atoms with Crippen molar-refractivity contribution in [3.8, 4) is 6.07 Å². The zero-order valence-corrected chi connectivity index (χ0v) is 16.3. The van der Waals surface area contributed by atoms with E-state index in [1.54, 1.807) is 12.1 Å². The Kier molecular flexibility index (Phi) is 6.57. The van der Waals surface area contributed by atoms with E-state index in [1.165, 1.54) is 13.1 Å². The Balaban J connectivity index is 1.50. The third kappa shape index (κ3) is 5.08. The number of amides is 1. The predicted octanol–water partition coefficient (Wildman–Crippen LogP) is 3.02. The Morgan fingerprint density at radius 3 is 2.63 bits per heavy atom. The van der Waals surface area contributed by atoms with E-state index in [0.717, 1.165) is 24.0 Å². The van der Waals surface area contributed by atoms with Gasteiger partial charge in [0.2, 0.25) is 0 Å². The molecular weight excluding hydrogens is 394 g/mol. The van der Waals surface area contributed by atoms with Crippen molar-refractivity contribution in [3.05, 3.63) is 53.7 Å². The zero-order valence-electron chi connectivity index (χ0n) is 16.3. The first kappa shape index (κ1) is 21.2. The number of benzene rings is 1. The van der Waals surface area contributed by atoms with Crippen LogP contribution in [0.15, 0.2) is 36.5 Å². The van der Waals surface area contributed by atoms with Crippen molar-refractivity contribution in [1.29, 1.82) is 5.26 Å². The number of ether oxygens (including phenoxy) is 1. The summed E-state index contributed by atoms with van der Waals surface area (Å²) >= 11 is 0. The molecular formula is C21H20F2N4O3. The van der Waals surface area contributed by atoms with Gasteiger partial charge in [-0.3, -0.25) is 9.59 Å². The molecule has 0 saturated carbocycles. The van der Waals surface area contributed by atoms with Crippen molar-refractivity contribution < 1.29 is 23.1 Å². The Morgan fingerprint density at radius 2 is 2.00 bits per heavy atom. The van der Waals surface area contributed by atoms with Crippen molar-refractivity contribution in [2.24, 2.45) is 5.92 Å². The number of hydrogen-bond acceptors (Lipinski definition) is 6. The number of pyridine rings is 1. The van der Waals surface area contributed by atoms with Crippen molar-refractivity contribution in [3.63, 3.8) is 0 Å². The molecule has 2 heterocycles. The number of piperidine rings is 1. The molecule has 2 aromatic rings. The lowest BCUT2D eigenvalue weighted by Gasteiger charge is -2.32. The highest BCUT2D eigenvalue weighted by Gasteiger charge is 2.29. The second-order valence-electron chi connectivity index (χ2n) is 6.97. The van der Waals surface area contributed by atoms with E-state index in [4.69, 9.17) is 10.00 Å². The molecule has 1 saturated heterocycles. The van der Waals surface area contributed by atoms with Crippen LogP contribution in [0.3, 0.4) is 0 Å². The highest BCUT2D eigenvalue weighted by molar-refractivity contribution is 5.95. The minimum Gasteiger partial charge on any atom is -0.452 e. The summed E-state index contributed by atoms with van der Waals surface area (Å²) in [5, 5.41) is 11.1. The first-order valence-corrected chi connectivity index (χ1v) is 9.45. The molecule has 1 aromatic heterocycles. The minimum absolute atomic E-state index is 0.314. The van der Waals surface area contributed by atoms with E-state index in [-0.39, 0.29) is 11.6 Å². The Hall–Kier alpha value is -3.54. The molecule has 1 atom stereocenters. The second kappa shape index (κ2) is 9.31. The molecule has 7 nitrogen and oxygen atoms in total. The summed E-state index contributed by atoms with van der Waals surface area (Å²) in [5.41, 5.74) is 0.161. The number of halogens is 2. The van der Waals surface area contributed by atoms with Crippen molar-refractivity contribution in [1.82, 2.24) is 4.98 Å². The molecule has 1 unspecified atom stereocenters. The topological polar surface area (TPSA) is 95.3 Å². The first-order chi connectivity index (χ1) is 14.4. The maximum absolute atomic E-state index is 13.7. The number of carbonyl (C=O) groups excluding carboxylic acids is 2. The van der Waals surface area contributed by atoms with Gasteiger partial charge in [0.25, 0.3) is 5.91 Å². The van der Waals surface area contributed by atoms with Gasteiger partial charge >= 0.3 is 5.97 Å². The lowest BCUT2D eigenvalue weighted by molar-refractivity contribution is -0.158. The maximum Gasteiger partial charge on any atom is 0.309 e. The van der Waals surface area contributed by atoms with Crippen molar-refractivity contribution >= 4 is 23.4 Å². The average molecular weight is 414 g/mol. The van der Waals surface area contributed by atoms with Crippen LogP contribution in [0, 0.1) is 28.9 Å². The lowest BCUT2D eigenvalue weighted by atomic mass is 9.97. The number of anilines is 2. The fourth-order valence-electron chi connectivity index (χ4n) is 3.14. The van der Waals surface area contributed by atoms with E-state index in [1.807, 2.05) is 11.0 Å². The second-order valence-corrected chi connectivity index (χ2v) is 6.97. The van der Waals surface area contributed by atoms with Crippen LogP contribution in [-0.2, 0) is 14.3 Å². The zero-order chi connectivity index (χ0) is 21.7. The fraction of sp³-hybridized carbons (Fsp3) is 0.333. The van der Waals surface area contributed by atoms with Crippen LogP contribution in [0.1, 0.15) is 25.3 Å². The van der Waals surface area contributed by atoms with Crippen molar-refractivity contribution in [2.75, 3.05) is 23.3 Å². The third-order valence-corrected chi connectivity index (χ3v) is 4.88. The molecule has 1 fully saturated rings. The van der Waals surface area contributed by atoms with Crippen LogP contribution in [0.4, 0.5) is 20.3 Å². The molecule has 0 radical (unpaired) electrons. The Morgan fingerprint density at radius 1 is 1.27 bits per heavy atom. The fourth-order valence-corrected chi connectivity index (χ4v) is 3.14. The largest absolute Gasteiger partial charge is 0.452 e. The van der Waals surface area contributed by atoms with E-state index in [0.29, 0.717) is 31.5 Å². The summed E-state index contributed by atoms with van der Waals surface area (Å²) in [4.78, 5) is 30.8. The van der Waals surface area contributed by atoms with Gasteiger partial charge < -0.3 is 15.0 Å². The molecule has 0 spiro atoms. The number of hydrogen-bond donors (Lipinski definition) is 1. The van der Waals surface area contributed by atoms with Crippen LogP contribution in [-0.4, -0.2) is 36.1 Å². The molecule has 1 amide bonds. The summed E-state index contributed by atoms with van der Waals surface area (Å²) in [7, 11) is 0. The minimum atomic E-state index is -1.15. The Labute approximate surface area is 172 Å². The number of nitrogens with zero attached hydrogens (tertiary/aromatic N) is 3. The first-order valence-electron chi connectivity index (χ1n) is 9.45. The molecule has 9 heteroatoms. The average Bonchev–Trinajstić information content (AvgIpc) is 2.76. The van der Waals surface area contributed by atoms with E-state index < -0.39 is 29.6 Å². The summed E-state index contributed by atoms with van der Waals surface area (Å²) in [6.07, 6.45) is 1.39. The summed E-state index contributed by atoms with van der Waals surface area (Å²) in [5.74, 6) is -2.38. The highest BCUT2D eigenvalue weighted by Crippen LogP contribution is 2.23. The number of nitriles is 1. The molecule has 3 rings (SSSR count). The molecule has 0 aliphatic carbocycles. The quantitative estimate of drug-likeness (QED) is 0.756. The van der Waals surface area contributed by atoms with Gasteiger partial charge in [0.15, 0.2) is 6.10 Å². The molecule has 1 aliphatic heterocycles. The number of aromatic nitrogens is 1. The molecule has 30 heavy (non-hydrogen) atoms. The maximum atomic E-state index is 13.7. The smallest absolute Gasteiger partial charge is 0.309 e. The SMILES string of the molecule is CC(OC(=O)C1CCN(c2ccc(C#N)cn2)CC1)C(=O)Nc1cc(F)ccc1F. The lowest BCUT2D eigenvalue weighted by Crippen LogP contribution is -2.39. The van der Waals surface area contributed by atoms with Gasteiger partial charge in [-0.05, 0) is 44.0 Å². The van der Waals surface area contributed by atoms with Gasteiger partial charge in [0.05, 0.1) is 17.2 Å². The van der Waals surface area contributed by atoms with Gasteiger partial charge in [0.1, 0.15) is 23.5 Å². The summed E-state index contributed by atoms with van der Waals surface area (Å²) in [6.45, 7) is 2.53. The number of esters is 1. The molecule has 156 valence electrons. The van der Waals surface area contributed by atoms with Crippen LogP contribution in [0.5, 0.6) is 0 Å². The van der Waals surface area contributed by atoms with Gasteiger partial charge in [-0.15, -0.1) is 0 Å². The van der Waals surface area contributed by atoms with Gasteiger partial charge in [-0.25, -0.2) is 13.8 Å². The highest BCUT2D eigenvalue weighted by atomic mass is 19.1. The van der Waals surface area contributed by atoms with Crippen LogP contribution < -0.4 is 10.2 Å². The molecule has 1 N–H and O–H groups in total. The molecule has 1 aliphatic rings. The monoisotopic (exact) mass is 414 g/mol. The standard InChI is InChI=1S/C21H20F2N4O3/c1-13(20(28)26-18-10-16(22)3-4-17(18)23)30-21(29)15-6-8-27(9-7-15)19-5-2-14(11-24)12-25-19/h2-5,10,12-13,15H,6-9H2,1H3,(H,26,28). The summed E-state index contributed by atoms with van der Waals surface area (Å²) in [6, 6.07) is 8.15. The normalized spacial score (nSPS) is 15.2. The number of rotatable bonds is 5. The summed E-state index contributed by atoms with van der Waals surface area (Å²) < 4.78 is 32.1. The number of carbonyl (C=O) groups is 2. The predicted molar refractivity (Wildman–Crippen MR) is 104 cm³/mol. The van der Waals surface area contributed by atoms with Crippen molar-refractivity contribution in [2.45, 2.75) is 25.9 Å². The van der Waals surface area contributed by atoms with Gasteiger partial charge in [-0.2, -0.15) is 5.26 Å². The third-order valence-electron chi connectivity index (χ3n) is 4.88. The van der Waals surface area contributed by atoms with Crippen LogP contribution in [0.2, 0.25) is 0 Å². The van der Waals surface area contributed by atoms with Crippen LogP contribution in [0.25, 0.3) is 0 Å². The van der Waals surface area contributed by atoms with Gasteiger partial charge in [0, 0.05) is 25.4 Å². The van der Waals surface area contributed by atoms with Crippen LogP contribution >= 0.6 is 0 Å². The van der Waals surface area contributed by atoms with E-state index in [9.17, 15) is 18.4 Å². The van der Waals surface area contributed by atoms with E-state index in [2.05, 4.69) is 10.3 Å².